The highest BCUT2D eigenvalue weighted by Crippen LogP contribution is 2.11. The van der Waals surface area contributed by atoms with E-state index in [9.17, 15) is 14.7 Å². The molecule has 104 valence electrons. The Labute approximate surface area is 120 Å². The van der Waals surface area contributed by atoms with Crippen LogP contribution in [0.3, 0.4) is 0 Å². The molecule has 0 aliphatic carbocycles. The van der Waals surface area contributed by atoms with Crippen LogP contribution in [0.1, 0.15) is 21.7 Å². The fraction of sp³-hybridized carbons (Fsp3) is 0.143. The van der Waals surface area contributed by atoms with E-state index in [1.165, 1.54) is 12.1 Å². The lowest BCUT2D eigenvalue weighted by Gasteiger charge is -2.07. The summed E-state index contributed by atoms with van der Waals surface area (Å²) in [5.41, 5.74) is 4.94. The van der Waals surface area contributed by atoms with Crippen molar-refractivity contribution in [1.29, 1.82) is 0 Å². The maximum absolute atomic E-state index is 11.7. The molecule has 6 heteroatoms. The number of thiophene rings is 1. The first-order valence-electron chi connectivity index (χ1n) is 6.06. The Morgan fingerprint density at radius 2 is 2.00 bits per heavy atom. The number of carbonyl (C=O) groups is 2. The van der Waals surface area contributed by atoms with Crippen molar-refractivity contribution in [2.45, 2.75) is 12.8 Å². The number of hydrogen-bond donors (Lipinski definition) is 3. The molecule has 0 saturated carbocycles. The molecule has 0 unspecified atom stereocenters. The number of hydrogen-bond acceptors (Lipinski definition) is 4. The molecule has 0 fully saturated rings. The van der Waals surface area contributed by atoms with Crippen LogP contribution in [0, 0.1) is 0 Å². The summed E-state index contributed by atoms with van der Waals surface area (Å²) in [4.78, 5) is 24.4. The van der Waals surface area contributed by atoms with Crippen LogP contribution >= 0.6 is 11.3 Å². The van der Waals surface area contributed by atoms with E-state index < -0.39 is 5.91 Å². The second kappa shape index (κ2) is 6.72. The zero-order valence-corrected chi connectivity index (χ0v) is 11.4. The van der Waals surface area contributed by atoms with Crippen molar-refractivity contribution in [2.24, 2.45) is 0 Å². The Morgan fingerprint density at radius 3 is 2.70 bits per heavy atom. The summed E-state index contributed by atoms with van der Waals surface area (Å²) in [5.74, 6) is -0.723. The smallest absolute Gasteiger partial charge is 0.269 e. The van der Waals surface area contributed by atoms with Gasteiger partial charge in [-0.15, -0.1) is 11.3 Å². The molecule has 2 amide bonds. The highest BCUT2D eigenvalue weighted by atomic mass is 32.1. The van der Waals surface area contributed by atoms with E-state index >= 15 is 0 Å². The van der Waals surface area contributed by atoms with Gasteiger partial charge in [-0.1, -0.05) is 12.1 Å². The third-order valence-corrected chi connectivity index (χ3v) is 3.54. The minimum atomic E-state index is -0.467. The van der Waals surface area contributed by atoms with Gasteiger partial charge < -0.3 is 5.11 Å². The molecule has 1 heterocycles. The normalized spacial score (nSPS) is 10.0. The van der Waals surface area contributed by atoms with Gasteiger partial charge in [-0.2, -0.15) is 0 Å². The number of aromatic hydroxyl groups is 1. The van der Waals surface area contributed by atoms with Gasteiger partial charge in [-0.05, 0) is 36.1 Å². The fourth-order valence-corrected chi connectivity index (χ4v) is 2.31. The maximum atomic E-state index is 11.7. The number of phenolic OH excluding ortho intramolecular Hbond substituents is 1. The van der Waals surface area contributed by atoms with E-state index in [0.717, 1.165) is 4.88 Å². The molecule has 1 aromatic heterocycles. The number of hydrazine groups is 1. The molecule has 0 spiro atoms. The number of phenols is 1. The molecular weight excluding hydrogens is 276 g/mol. The molecule has 0 atom stereocenters. The molecule has 5 nitrogen and oxygen atoms in total. The van der Waals surface area contributed by atoms with Crippen molar-refractivity contribution in [1.82, 2.24) is 10.9 Å². The van der Waals surface area contributed by atoms with Gasteiger partial charge in [0.25, 0.3) is 5.91 Å². The standard InChI is InChI=1S/C14H14N2O3S/c17-11-4-1-3-10(9-11)14(19)16-15-13(18)7-6-12-5-2-8-20-12/h1-5,8-9,17H,6-7H2,(H,15,18)(H,16,19). The van der Waals surface area contributed by atoms with Crippen LogP contribution in [0.2, 0.25) is 0 Å². The molecule has 2 rings (SSSR count). The van der Waals surface area contributed by atoms with Crippen LogP contribution in [0.25, 0.3) is 0 Å². The van der Waals surface area contributed by atoms with Gasteiger partial charge in [0.1, 0.15) is 5.75 Å². The third-order valence-electron chi connectivity index (χ3n) is 2.60. The van der Waals surface area contributed by atoms with Crippen LogP contribution < -0.4 is 10.9 Å². The van der Waals surface area contributed by atoms with Crippen LogP contribution in [-0.4, -0.2) is 16.9 Å². The summed E-state index contributed by atoms with van der Waals surface area (Å²) in [6.07, 6.45) is 0.951. The molecule has 0 aliphatic rings. The summed E-state index contributed by atoms with van der Waals surface area (Å²) >= 11 is 1.59. The minimum Gasteiger partial charge on any atom is -0.508 e. The Kier molecular flexibility index (Phi) is 4.73. The topological polar surface area (TPSA) is 78.4 Å². The Hall–Kier alpha value is -2.34. The quantitative estimate of drug-likeness (QED) is 0.752. The van der Waals surface area contributed by atoms with Crippen LogP contribution in [0.4, 0.5) is 0 Å². The van der Waals surface area contributed by atoms with Gasteiger partial charge in [-0.25, -0.2) is 0 Å². The number of carbonyl (C=O) groups excluding carboxylic acids is 2. The number of nitrogens with one attached hydrogen (secondary N) is 2. The SMILES string of the molecule is O=C(CCc1cccs1)NNC(=O)c1cccc(O)c1. The van der Waals surface area contributed by atoms with E-state index in [1.807, 2.05) is 17.5 Å². The van der Waals surface area contributed by atoms with Gasteiger partial charge in [0, 0.05) is 16.9 Å². The van der Waals surface area contributed by atoms with E-state index in [4.69, 9.17) is 0 Å². The first kappa shape index (κ1) is 14.1. The zero-order valence-electron chi connectivity index (χ0n) is 10.6. The lowest BCUT2D eigenvalue weighted by molar-refractivity contribution is -0.121. The lowest BCUT2D eigenvalue weighted by Crippen LogP contribution is -2.41. The summed E-state index contributed by atoms with van der Waals surface area (Å²) < 4.78 is 0. The Morgan fingerprint density at radius 1 is 1.15 bits per heavy atom. The predicted molar refractivity (Wildman–Crippen MR) is 76.4 cm³/mol. The molecule has 0 saturated heterocycles. The molecule has 0 bridgehead atoms. The molecule has 3 N–H and O–H groups in total. The van der Waals surface area contributed by atoms with Crippen molar-refractivity contribution in [3.05, 3.63) is 52.2 Å². The van der Waals surface area contributed by atoms with Crippen LogP contribution in [0.15, 0.2) is 41.8 Å². The Bertz CT molecular complexity index is 596. The minimum absolute atomic E-state index is 0.00155. The van der Waals surface area contributed by atoms with Crippen LogP contribution in [0.5, 0.6) is 5.75 Å². The molecule has 2 aromatic rings. The van der Waals surface area contributed by atoms with Gasteiger partial charge >= 0.3 is 0 Å². The fourth-order valence-electron chi connectivity index (χ4n) is 1.60. The third kappa shape index (κ3) is 4.10. The van der Waals surface area contributed by atoms with E-state index in [0.29, 0.717) is 12.8 Å². The van der Waals surface area contributed by atoms with Crippen molar-refractivity contribution < 1.29 is 14.7 Å². The first-order valence-corrected chi connectivity index (χ1v) is 6.94. The van der Waals surface area contributed by atoms with E-state index in [2.05, 4.69) is 10.9 Å². The van der Waals surface area contributed by atoms with Gasteiger partial charge in [-0.3, -0.25) is 20.4 Å². The Balaban J connectivity index is 1.77. The first-order chi connectivity index (χ1) is 9.65. The van der Waals surface area contributed by atoms with Gasteiger partial charge in [0.05, 0.1) is 0 Å². The van der Waals surface area contributed by atoms with E-state index in [-0.39, 0.29) is 17.2 Å². The van der Waals surface area contributed by atoms with Crippen molar-refractivity contribution in [3.8, 4) is 5.75 Å². The average molecular weight is 290 g/mol. The number of rotatable bonds is 4. The van der Waals surface area contributed by atoms with Crippen molar-refractivity contribution in [3.63, 3.8) is 0 Å². The monoisotopic (exact) mass is 290 g/mol. The molecule has 1 aromatic carbocycles. The highest BCUT2D eigenvalue weighted by Gasteiger charge is 2.08. The van der Waals surface area contributed by atoms with Gasteiger partial charge in [0.15, 0.2) is 0 Å². The summed E-state index contributed by atoms with van der Waals surface area (Å²) in [6, 6.07) is 9.80. The summed E-state index contributed by atoms with van der Waals surface area (Å²) in [6.45, 7) is 0. The molecule has 0 aliphatic heterocycles. The second-order valence-electron chi connectivity index (χ2n) is 4.13. The van der Waals surface area contributed by atoms with Gasteiger partial charge in [0.2, 0.25) is 5.91 Å². The average Bonchev–Trinajstić information content (AvgIpc) is 2.95. The lowest BCUT2D eigenvalue weighted by atomic mass is 10.2. The number of amides is 2. The maximum Gasteiger partial charge on any atom is 0.269 e. The van der Waals surface area contributed by atoms with Crippen LogP contribution in [-0.2, 0) is 11.2 Å². The second-order valence-corrected chi connectivity index (χ2v) is 5.16. The predicted octanol–water partition coefficient (Wildman–Crippen LogP) is 1.85. The zero-order chi connectivity index (χ0) is 14.4. The van der Waals surface area contributed by atoms with E-state index in [1.54, 1.807) is 23.5 Å². The molecule has 0 radical (unpaired) electrons. The summed E-state index contributed by atoms with van der Waals surface area (Å²) in [5, 5.41) is 11.2. The molecular formula is C14H14N2O3S. The largest absolute Gasteiger partial charge is 0.508 e. The molecule has 20 heavy (non-hydrogen) atoms. The summed E-state index contributed by atoms with van der Waals surface area (Å²) in [7, 11) is 0. The number of aryl methyl sites for hydroxylation is 1. The van der Waals surface area contributed by atoms with Crippen molar-refractivity contribution >= 4 is 23.2 Å². The highest BCUT2D eigenvalue weighted by molar-refractivity contribution is 7.09. The number of benzene rings is 1. The van der Waals surface area contributed by atoms with Crippen molar-refractivity contribution in [2.75, 3.05) is 0 Å².